The average Bonchev–Trinajstić information content (AvgIpc) is 3.46. The molecule has 1 aromatic heterocycles. The number of para-hydroxylation sites is 2. The van der Waals surface area contributed by atoms with Gasteiger partial charge in [0.2, 0.25) is 5.91 Å². The van der Waals surface area contributed by atoms with Crippen LogP contribution in [0.25, 0.3) is 11.0 Å². The molecule has 2 aromatic carbocycles. The molecule has 27 heavy (non-hydrogen) atoms. The van der Waals surface area contributed by atoms with Crippen LogP contribution in [0, 0.1) is 19.8 Å². The molecule has 0 saturated heterocycles. The number of nitrogens with zero attached hydrogens (tertiary/aromatic N) is 2. The van der Waals surface area contributed by atoms with E-state index in [-0.39, 0.29) is 11.8 Å². The number of imidazole rings is 1. The number of nitrogens with one attached hydrogen (secondary N) is 1. The summed E-state index contributed by atoms with van der Waals surface area (Å²) in [6.07, 6.45) is 2.01. The van der Waals surface area contributed by atoms with Crippen molar-refractivity contribution in [3.8, 4) is 5.75 Å². The molecule has 140 valence electrons. The van der Waals surface area contributed by atoms with E-state index in [9.17, 15) is 4.79 Å². The number of benzene rings is 2. The molecule has 0 aliphatic heterocycles. The maximum Gasteiger partial charge on any atom is 0.223 e. The third-order valence-electron chi connectivity index (χ3n) is 5.02. The van der Waals surface area contributed by atoms with Crippen molar-refractivity contribution in [2.45, 2.75) is 39.8 Å². The van der Waals surface area contributed by atoms with Gasteiger partial charge in [0.05, 0.1) is 24.1 Å². The number of carbonyl (C=O) groups is 1. The molecule has 0 radical (unpaired) electrons. The molecule has 1 amide bonds. The zero-order valence-corrected chi connectivity index (χ0v) is 15.9. The Morgan fingerprint density at radius 3 is 2.85 bits per heavy atom. The molecule has 5 heteroatoms. The van der Waals surface area contributed by atoms with Crippen molar-refractivity contribution in [3.63, 3.8) is 0 Å². The Labute approximate surface area is 159 Å². The van der Waals surface area contributed by atoms with Gasteiger partial charge < -0.3 is 14.6 Å². The van der Waals surface area contributed by atoms with Crippen molar-refractivity contribution in [1.82, 2.24) is 14.9 Å². The molecule has 4 rings (SSSR count). The number of carbonyl (C=O) groups excluding carboxylic acids is 1. The Hall–Kier alpha value is -2.82. The zero-order chi connectivity index (χ0) is 18.8. The monoisotopic (exact) mass is 363 g/mol. The van der Waals surface area contributed by atoms with Crippen LogP contribution in [0.4, 0.5) is 0 Å². The van der Waals surface area contributed by atoms with Crippen LogP contribution in [0.5, 0.6) is 5.75 Å². The molecule has 0 unspecified atom stereocenters. The number of hydrogen-bond acceptors (Lipinski definition) is 3. The number of fused-ring (bicyclic) bond motifs is 1. The number of aromatic nitrogens is 2. The Morgan fingerprint density at radius 1 is 1.22 bits per heavy atom. The van der Waals surface area contributed by atoms with E-state index in [1.165, 1.54) is 5.56 Å². The molecule has 1 saturated carbocycles. The lowest BCUT2D eigenvalue weighted by molar-refractivity contribution is -0.122. The lowest BCUT2D eigenvalue weighted by Gasteiger charge is -2.13. The van der Waals surface area contributed by atoms with Crippen LogP contribution in [0.2, 0.25) is 0 Å². The van der Waals surface area contributed by atoms with Gasteiger partial charge in [-0.1, -0.05) is 24.3 Å². The summed E-state index contributed by atoms with van der Waals surface area (Å²) in [5.74, 6) is 2.13. The molecule has 5 nitrogen and oxygen atoms in total. The highest BCUT2D eigenvalue weighted by atomic mass is 16.5. The van der Waals surface area contributed by atoms with Gasteiger partial charge in [-0.15, -0.1) is 0 Å². The van der Waals surface area contributed by atoms with Crippen molar-refractivity contribution in [3.05, 3.63) is 59.4 Å². The molecular formula is C22H25N3O2. The highest BCUT2D eigenvalue weighted by Crippen LogP contribution is 2.29. The van der Waals surface area contributed by atoms with E-state index >= 15 is 0 Å². The Balaban J connectivity index is 1.49. The summed E-state index contributed by atoms with van der Waals surface area (Å²) in [5.41, 5.74) is 4.33. The molecule has 1 heterocycles. The van der Waals surface area contributed by atoms with Gasteiger partial charge in [-0.2, -0.15) is 0 Å². The summed E-state index contributed by atoms with van der Waals surface area (Å²) in [7, 11) is 0. The van der Waals surface area contributed by atoms with Gasteiger partial charge in [0.15, 0.2) is 0 Å². The number of rotatable bonds is 7. The maximum absolute atomic E-state index is 12.0. The minimum Gasteiger partial charge on any atom is -0.491 e. The summed E-state index contributed by atoms with van der Waals surface area (Å²) in [5, 5.41) is 3.02. The van der Waals surface area contributed by atoms with Gasteiger partial charge in [-0.05, 0) is 56.0 Å². The summed E-state index contributed by atoms with van der Waals surface area (Å²) in [6.45, 7) is 5.81. The van der Waals surface area contributed by atoms with Gasteiger partial charge >= 0.3 is 0 Å². The first-order chi connectivity index (χ1) is 13.1. The number of hydrogen-bond donors (Lipinski definition) is 1. The first-order valence-corrected chi connectivity index (χ1v) is 9.54. The summed E-state index contributed by atoms with van der Waals surface area (Å²) >= 11 is 0. The molecule has 1 aliphatic carbocycles. The molecule has 0 spiro atoms. The highest BCUT2D eigenvalue weighted by molar-refractivity contribution is 5.81. The van der Waals surface area contributed by atoms with Gasteiger partial charge in [-0.25, -0.2) is 4.98 Å². The summed E-state index contributed by atoms with van der Waals surface area (Å²) in [4.78, 5) is 16.7. The van der Waals surface area contributed by atoms with Crippen LogP contribution in [0.3, 0.4) is 0 Å². The van der Waals surface area contributed by atoms with E-state index in [0.29, 0.717) is 19.7 Å². The third-order valence-corrected chi connectivity index (χ3v) is 5.02. The van der Waals surface area contributed by atoms with Crippen molar-refractivity contribution in [2.75, 3.05) is 6.61 Å². The molecule has 1 aliphatic rings. The molecule has 3 aromatic rings. The van der Waals surface area contributed by atoms with Gasteiger partial charge in [0.25, 0.3) is 0 Å². The van der Waals surface area contributed by atoms with Crippen molar-refractivity contribution >= 4 is 16.9 Å². The second-order valence-corrected chi connectivity index (χ2v) is 7.28. The first-order valence-electron chi connectivity index (χ1n) is 9.54. The van der Waals surface area contributed by atoms with E-state index in [4.69, 9.17) is 9.72 Å². The number of amides is 1. The second-order valence-electron chi connectivity index (χ2n) is 7.28. The van der Waals surface area contributed by atoms with E-state index in [0.717, 1.165) is 41.0 Å². The normalized spacial score (nSPS) is 13.7. The quantitative estimate of drug-likeness (QED) is 0.695. The van der Waals surface area contributed by atoms with Crippen molar-refractivity contribution < 1.29 is 9.53 Å². The molecular weight excluding hydrogens is 338 g/mol. The topological polar surface area (TPSA) is 56.1 Å². The van der Waals surface area contributed by atoms with E-state index in [1.807, 2.05) is 18.2 Å². The van der Waals surface area contributed by atoms with Crippen LogP contribution in [-0.2, 0) is 17.9 Å². The minimum atomic E-state index is 0.139. The lowest BCUT2D eigenvalue weighted by atomic mass is 10.1. The first kappa shape index (κ1) is 17.6. The van der Waals surface area contributed by atoms with E-state index in [2.05, 4.69) is 48.0 Å². The highest BCUT2D eigenvalue weighted by Gasteiger charge is 2.29. The summed E-state index contributed by atoms with van der Waals surface area (Å²) in [6, 6.07) is 14.3. The Kier molecular flexibility index (Phi) is 4.84. The zero-order valence-electron chi connectivity index (χ0n) is 15.9. The van der Waals surface area contributed by atoms with Crippen LogP contribution in [0.1, 0.15) is 29.8 Å². The third kappa shape index (κ3) is 3.97. The molecule has 1 fully saturated rings. The maximum atomic E-state index is 12.0. The van der Waals surface area contributed by atoms with Crippen LogP contribution in [0.15, 0.2) is 42.5 Å². The van der Waals surface area contributed by atoms with Gasteiger partial charge in [0.1, 0.15) is 18.2 Å². The lowest BCUT2D eigenvalue weighted by Crippen LogP contribution is -2.26. The van der Waals surface area contributed by atoms with Gasteiger partial charge in [-0.3, -0.25) is 4.79 Å². The van der Waals surface area contributed by atoms with Crippen LogP contribution < -0.4 is 10.1 Å². The van der Waals surface area contributed by atoms with Crippen molar-refractivity contribution in [2.24, 2.45) is 5.92 Å². The predicted molar refractivity (Wildman–Crippen MR) is 106 cm³/mol. The number of ether oxygens (including phenoxy) is 1. The fourth-order valence-electron chi connectivity index (χ4n) is 3.28. The minimum absolute atomic E-state index is 0.139. The predicted octanol–water partition coefficient (Wildman–Crippen LogP) is 3.76. The van der Waals surface area contributed by atoms with Crippen LogP contribution >= 0.6 is 0 Å². The molecule has 1 N–H and O–H groups in total. The largest absolute Gasteiger partial charge is 0.491 e. The molecule has 0 atom stereocenters. The van der Waals surface area contributed by atoms with E-state index in [1.54, 1.807) is 0 Å². The SMILES string of the molecule is Cc1ccc(C)c(OCCn2c(CNC(=O)C3CC3)nc3ccccc32)c1. The number of aryl methyl sites for hydroxylation is 2. The fraction of sp³-hybridized carbons (Fsp3) is 0.364. The second kappa shape index (κ2) is 7.43. The smallest absolute Gasteiger partial charge is 0.223 e. The van der Waals surface area contributed by atoms with E-state index < -0.39 is 0 Å². The Bertz CT molecular complexity index is 973. The fourth-order valence-corrected chi connectivity index (χ4v) is 3.28. The average molecular weight is 363 g/mol. The van der Waals surface area contributed by atoms with Gasteiger partial charge in [0, 0.05) is 5.92 Å². The Morgan fingerprint density at radius 2 is 2.04 bits per heavy atom. The molecule has 0 bridgehead atoms. The van der Waals surface area contributed by atoms with Crippen LogP contribution in [-0.4, -0.2) is 22.1 Å². The van der Waals surface area contributed by atoms with Crippen molar-refractivity contribution in [1.29, 1.82) is 0 Å². The standard InChI is InChI=1S/C22H25N3O2/c1-15-7-8-16(2)20(13-15)27-12-11-25-19-6-4-3-5-18(19)24-21(25)14-23-22(26)17-9-10-17/h3-8,13,17H,9-12,14H2,1-2H3,(H,23,26). The summed E-state index contributed by atoms with van der Waals surface area (Å²) < 4.78 is 8.18.